The number of carbonyl (C=O) groups excluding carboxylic acids is 1. The maximum atomic E-state index is 12.9. The van der Waals surface area contributed by atoms with Gasteiger partial charge in [0.15, 0.2) is 0 Å². The molecule has 3 rings (SSSR count). The molecule has 0 radical (unpaired) electrons. The van der Waals surface area contributed by atoms with Crippen molar-refractivity contribution < 1.29 is 13.9 Å². The molecular formula is C20H17FN2O2. The van der Waals surface area contributed by atoms with Gasteiger partial charge in [-0.1, -0.05) is 18.2 Å². The molecule has 5 heteroatoms. The van der Waals surface area contributed by atoms with Gasteiger partial charge in [0.1, 0.15) is 17.3 Å². The van der Waals surface area contributed by atoms with Crippen LogP contribution in [0.25, 0.3) is 0 Å². The summed E-state index contributed by atoms with van der Waals surface area (Å²) in [6.07, 6.45) is 0. The molecule has 0 unspecified atom stereocenters. The number of amides is 2. The molecule has 0 heterocycles. The van der Waals surface area contributed by atoms with Crippen molar-refractivity contribution in [3.05, 3.63) is 84.2 Å². The second-order valence-electron chi connectivity index (χ2n) is 5.48. The Kier molecular flexibility index (Phi) is 4.95. The highest BCUT2D eigenvalue weighted by molar-refractivity contribution is 5.99. The zero-order valence-corrected chi connectivity index (χ0v) is 13.6. The molecule has 0 aliphatic heterocycles. The van der Waals surface area contributed by atoms with Gasteiger partial charge in [-0.15, -0.1) is 0 Å². The highest BCUT2D eigenvalue weighted by atomic mass is 19.1. The van der Waals surface area contributed by atoms with Crippen molar-refractivity contribution in [1.29, 1.82) is 0 Å². The summed E-state index contributed by atoms with van der Waals surface area (Å²) in [5.41, 5.74) is 2.04. The fraction of sp³-hybridized carbons (Fsp3) is 0.0500. The number of urea groups is 1. The molecule has 4 nitrogen and oxygen atoms in total. The molecule has 3 aromatic carbocycles. The van der Waals surface area contributed by atoms with Crippen LogP contribution in [0.4, 0.5) is 20.6 Å². The molecule has 126 valence electrons. The normalized spacial score (nSPS) is 10.2. The first-order valence-corrected chi connectivity index (χ1v) is 7.77. The molecule has 0 atom stereocenters. The lowest BCUT2D eigenvalue weighted by molar-refractivity contribution is 0.262. The number of aryl methyl sites for hydroxylation is 1. The van der Waals surface area contributed by atoms with Gasteiger partial charge in [0.2, 0.25) is 0 Å². The van der Waals surface area contributed by atoms with E-state index in [1.807, 2.05) is 43.3 Å². The number of benzene rings is 3. The zero-order valence-electron chi connectivity index (χ0n) is 13.6. The molecule has 2 N–H and O–H groups in total. The third-order valence-electron chi connectivity index (χ3n) is 3.51. The summed E-state index contributed by atoms with van der Waals surface area (Å²) in [5.74, 6) is 1.12. The van der Waals surface area contributed by atoms with Crippen LogP contribution in [-0.4, -0.2) is 6.03 Å². The van der Waals surface area contributed by atoms with Crippen molar-refractivity contribution in [1.82, 2.24) is 0 Å². The molecule has 0 fully saturated rings. The standard InChI is InChI=1S/C20H17FN2O2/c1-14-13-17(11-12-19(14)25-18-5-3-2-4-6-18)23-20(24)22-16-9-7-15(21)8-10-16/h2-13H,1H3,(H2,22,23,24). The lowest BCUT2D eigenvalue weighted by Crippen LogP contribution is -2.19. The molecule has 0 aliphatic carbocycles. The summed E-state index contributed by atoms with van der Waals surface area (Å²) < 4.78 is 18.7. The van der Waals surface area contributed by atoms with Gasteiger partial charge in [-0.3, -0.25) is 0 Å². The van der Waals surface area contributed by atoms with Crippen molar-refractivity contribution >= 4 is 17.4 Å². The van der Waals surface area contributed by atoms with E-state index in [0.717, 1.165) is 17.1 Å². The number of ether oxygens (including phenoxy) is 1. The number of hydrogen-bond acceptors (Lipinski definition) is 2. The lowest BCUT2D eigenvalue weighted by Gasteiger charge is -2.12. The number of hydrogen-bond donors (Lipinski definition) is 2. The molecule has 0 saturated carbocycles. The largest absolute Gasteiger partial charge is 0.457 e. The fourth-order valence-corrected chi connectivity index (χ4v) is 2.28. The van der Waals surface area contributed by atoms with Crippen LogP contribution in [0.3, 0.4) is 0 Å². The molecule has 0 saturated heterocycles. The molecule has 0 aliphatic rings. The van der Waals surface area contributed by atoms with Crippen LogP contribution in [0, 0.1) is 12.7 Å². The molecule has 3 aromatic rings. The number of halogens is 1. The summed E-state index contributed by atoms with van der Waals surface area (Å²) in [6, 6.07) is 20.0. The Balaban J connectivity index is 1.64. The van der Waals surface area contributed by atoms with Crippen LogP contribution in [0.5, 0.6) is 11.5 Å². The average Bonchev–Trinajstić information content (AvgIpc) is 2.60. The van der Waals surface area contributed by atoms with E-state index < -0.39 is 6.03 Å². The molecule has 0 spiro atoms. The van der Waals surface area contributed by atoms with Gasteiger partial charge in [-0.05, 0) is 67.1 Å². The van der Waals surface area contributed by atoms with Crippen LogP contribution in [-0.2, 0) is 0 Å². The molecule has 25 heavy (non-hydrogen) atoms. The van der Waals surface area contributed by atoms with Crippen molar-refractivity contribution in [2.24, 2.45) is 0 Å². The van der Waals surface area contributed by atoms with Gasteiger partial charge in [0, 0.05) is 11.4 Å². The van der Waals surface area contributed by atoms with Crippen LogP contribution in [0.15, 0.2) is 72.8 Å². The number of para-hydroxylation sites is 1. The van der Waals surface area contributed by atoms with Crippen molar-refractivity contribution in [3.8, 4) is 11.5 Å². The number of anilines is 2. The quantitative estimate of drug-likeness (QED) is 0.654. The van der Waals surface area contributed by atoms with Gasteiger partial charge >= 0.3 is 6.03 Å². The Morgan fingerprint density at radius 1 is 0.880 bits per heavy atom. The predicted octanol–water partition coefficient (Wildman–Crippen LogP) is 5.57. The molecular weight excluding hydrogens is 319 g/mol. The first kappa shape index (κ1) is 16.5. The Morgan fingerprint density at radius 2 is 1.52 bits per heavy atom. The maximum Gasteiger partial charge on any atom is 0.323 e. The summed E-state index contributed by atoms with van der Waals surface area (Å²) in [7, 11) is 0. The Bertz CT molecular complexity index is 865. The second-order valence-corrected chi connectivity index (χ2v) is 5.48. The summed E-state index contributed by atoms with van der Waals surface area (Å²) in [5, 5.41) is 5.38. The van der Waals surface area contributed by atoms with E-state index in [-0.39, 0.29) is 5.82 Å². The minimum Gasteiger partial charge on any atom is -0.457 e. The van der Waals surface area contributed by atoms with Gasteiger partial charge in [-0.25, -0.2) is 9.18 Å². The third kappa shape index (κ3) is 4.57. The number of nitrogens with one attached hydrogen (secondary N) is 2. The number of carbonyl (C=O) groups is 1. The summed E-state index contributed by atoms with van der Waals surface area (Å²) >= 11 is 0. The van der Waals surface area contributed by atoms with Gasteiger partial charge < -0.3 is 15.4 Å². The third-order valence-corrected chi connectivity index (χ3v) is 3.51. The Labute approximate surface area is 145 Å². The van der Waals surface area contributed by atoms with Gasteiger partial charge in [-0.2, -0.15) is 0 Å². The molecule has 0 bridgehead atoms. The molecule has 0 aromatic heterocycles. The Hall–Kier alpha value is -3.34. The fourth-order valence-electron chi connectivity index (χ4n) is 2.28. The zero-order chi connectivity index (χ0) is 17.6. The average molecular weight is 336 g/mol. The topological polar surface area (TPSA) is 50.4 Å². The van der Waals surface area contributed by atoms with E-state index in [0.29, 0.717) is 11.4 Å². The second kappa shape index (κ2) is 7.49. The molecule has 2 amide bonds. The van der Waals surface area contributed by atoms with E-state index in [1.165, 1.54) is 24.3 Å². The lowest BCUT2D eigenvalue weighted by atomic mass is 10.2. The van der Waals surface area contributed by atoms with Crippen LogP contribution in [0.2, 0.25) is 0 Å². The van der Waals surface area contributed by atoms with Crippen LogP contribution in [0.1, 0.15) is 5.56 Å². The van der Waals surface area contributed by atoms with Crippen LogP contribution < -0.4 is 15.4 Å². The van der Waals surface area contributed by atoms with Crippen molar-refractivity contribution in [2.75, 3.05) is 10.6 Å². The highest BCUT2D eigenvalue weighted by Gasteiger charge is 2.06. The van der Waals surface area contributed by atoms with Gasteiger partial charge in [0.05, 0.1) is 0 Å². The van der Waals surface area contributed by atoms with E-state index in [2.05, 4.69) is 10.6 Å². The van der Waals surface area contributed by atoms with E-state index in [4.69, 9.17) is 4.74 Å². The maximum absolute atomic E-state index is 12.9. The van der Waals surface area contributed by atoms with Gasteiger partial charge in [0.25, 0.3) is 0 Å². The SMILES string of the molecule is Cc1cc(NC(=O)Nc2ccc(F)cc2)ccc1Oc1ccccc1. The predicted molar refractivity (Wildman–Crippen MR) is 96.7 cm³/mol. The minimum absolute atomic E-state index is 0.351. The number of rotatable bonds is 4. The minimum atomic E-state index is -0.400. The van der Waals surface area contributed by atoms with E-state index >= 15 is 0 Å². The van der Waals surface area contributed by atoms with Crippen LogP contribution >= 0.6 is 0 Å². The van der Waals surface area contributed by atoms with E-state index in [1.54, 1.807) is 12.1 Å². The summed E-state index contributed by atoms with van der Waals surface area (Å²) in [4.78, 5) is 12.0. The van der Waals surface area contributed by atoms with E-state index in [9.17, 15) is 9.18 Å². The smallest absolute Gasteiger partial charge is 0.323 e. The Morgan fingerprint density at radius 3 is 2.20 bits per heavy atom. The monoisotopic (exact) mass is 336 g/mol. The summed E-state index contributed by atoms with van der Waals surface area (Å²) in [6.45, 7) is 1.90. The highest BCUT2D eigenvalue weighted by Crippen LogP contribution is 2.27. The van der Waals surface area contributed by atoms with Crippen molar-refractivity contribution in [3.63, 3.8) is 0 Å². The first-order valence-electron chi connectivity index (χ1n) is 7.77. The first-order chi connectivity index (χ1) is 12.1. The van der Waals surface area contributed by atoms with Crippen molar-refractivity contribution in [2.45, 2.75) is 6.92 Å².